The lowest BCUT2D eigenvalue weighted by molar-refractivity contribution is 0.102. The van der Waals surface area contributed by atoms with Crippen molar-refractivity contribution in [2.24, 2.45) is 0 Å². The van der Waals surface area contributed by atoms with E-state index in [1.807, 2.05) is 19.1 Å². The number of aromatic nitrogens is 5. The van der Waals surface area contributed by atoms with Crippen LogP contribution in [0.1, 0.15) is 23.1 Å². The van der Waals surface area contributed by atoms with Crippen molar-refractivity contribution in [2.45, 2.75) is 13.3 Å². The molecule has 0 aliphatic carbocycles. The van der Waals surface area contributed by atoms with Crippen molar-refractivity contribution in [1.82, 2.24) is 24.8 Å². The van der Waals surface area contributed by atoms with E-state index in [2.05, 4.69) is 25.6 Å². The number of benzene rings is 1. The van der Waals surface area contributed by atoms with E-state index in [9.17, 15) is 4.79 Å². The summed E-state index contributed by atoms with van der Waals surface area (Å²) in [6.45, 7) is 2.01. The van der Waals surface area contributed by atoms with E-state index in [0.29, 0.717) is 17.0 Å². The summed E-state index contributed by atoms with van der Waals surface area (Å²) in [4.78, 5) is 17.2. The summed E-state index contributed by atoms with van der Waals surface area (Å²) in [5.74, 6) is 1.12. The van der Waals surface area contributed by atoms with E-state index in [-0.39, 0.29) is 5.91 Å². The first-order valence-corrected chi connectivity index (χ1v) is 9.12. The Kier molecular flexibility index (Phi) is 4.51. The number of nitrogens with zero attached hydrogens (tertiary/aromatic N) is 5. The summed E-state index contributed by atoms with van der Waals surface area (Å²) < 4.78 is 7.13. The second-order valence-corrected chi connectivity index (χ2v) is 6.64. The molecular weight excluding hydrogens is 364 g/mol. The highest BCUT2D eigenvalue weighted by atomic mass is 32.1. The van der Waals surface area contributed by atoms with E-state index in [0.717, 1.165) is 27.8 Å². The van der Waals surface area contributed by atoms with Crippen LogP contribution in [-0.4, -0.2) is 37.8 Å². The Balaban J connectivity index is 1.69. The standard InChI is InChI=1S/C18H16N6O2S/c1-3-15-21-22-18-24(15)23-17(27-18)11-6-7-14(26-2)13(9-11)20-16(25)12-5-4-8-19-10-12/h4-10H,3H2,1-2H3,(H,20,25). The monoisotopic (exact) mass is 380 g/mol. The number of carbonyl (C=O) groups is 1. The van der Waals surface area contributed by atoms with Crippen LogP contribution in [0.3, 0.4) is 0 Å². The Morgan fingerprint density at radius 1 is 1.30 bits per heavy atom. The zero-order valence-electron chi connectivity index (χ0n) is 14.7. The number of carbonyl (C=O) groups excluding carboxylic acids is 1. The Labute approximate surface area is 158 Å². The predicted octanol–water partition coefficient (Wildman–Crippen LogP) is 3.07. The average Bonchev–Trinajstić information content (AvgIpc) is 3.29. The van der Waals surface area contributed by atoms with Gasteiger partial charge >= 0.3 is 0 Å². The molecule has 8 nitrogen and oxygen atoms in total. The molecule has 3 aromatic heterocycles. The third kappa shape index (κ3) is 3.24. The van der Waals surface area contributed by atoms with Gasteiger partial charge < -0.3 is 10.1 Å². The molecule has 0 aliphatic rings. The zero-order valence-corrected chi connectivity index (χ0v) is 15.5. The molecule has 0 fully saturated rings. The van der Waals surface area contributed by atoms with Crippen molar-refractivity contribution in [3.63, 3.8) is 0 Å². The maximum Gasteiger partial charge on any atom is 0.257 e. The minimum atomic E-state index is -0.259. The van der Waals surface area contributed by atoms with Crippen molar-refractivity contribution >= 4 is 27.9 Å². The number of fused-ring (bicyclic) bond motifs is 1. The minimum Gasteiger partial charge on any atom is -0.495 e. The Bertz CT molecular complexity index is 1110. The molecule has 9 heteroatoms. The molecule has 0 spiro atoms. The molecule has 0 atom stereocenters. The third-order valence-electron chi connectivity index (χ3n) is 3.99. The smallest absolute Gasteiger partial charge is 0.257 e. The molecule has 27 heavy (non-hydrogen) atoms. The van der Waals surface area contributed by atoms with E-state index >= 15 is 0 Å². The van der Waals surface area contributed by atoms with Gasteiger partial charge in [-0.3, -0.25) is 9.78 Å². The van der Waals surface area contributed by atoms with Gasteiger partial charge in [0, 0.05) is 24.4 Å². The van der Waals surface area contributed by atoms with Crippen molar-refractivity contribution in [3.05, 3.63) is 54.1 Å². The van der Waals surface area contributed by atoms with Gasteiger partial charge in [-0.15, -0.1) is 10.2 Å². The van der Waals surface area contributed by atoms with Crippen LogP contribution in [0.5, 0.6) is 5.75 Å². The Morgan fingerprint density at radius 3 is 2.93 bits per heavy atom. The van der Waals surface area contributed by atoms with Gasteiger partial charge in [0.15, 0.2) is 5.82 Å². The summed E-state index contributed by atoms with van der Waals surface area (Å²) in [5, 5.41) is 16.5. The van der Waals surface area contributed by atoms with Gasteiger partial charge in [-0.25, -0.2) is 0 Å². The molecule has 0 saturated carbocycles. The molecule has 0 aliphatic heterocycles. The van der Waals surface area contributed by atoms with Crippen LogP contribution >= 0.6 is 11.3 Å². The van der Waals surface area contributed by atoms with Gasteiger partial charge in [-0.2, -0.15) is 9.61 Å². The summed E-state index contributed by atoms with van der Waals surface area (Å²) >= 11 is 1.44. The summed E-state index contributed by atoms with van der Waals surface area (Å²) in [5.41, 5.74) is 1.89. The first kappa shape index (κ1) is 17.1. The topological polar surface area (TPSA) is 94.3 Å². The van der Waals surface area contributed by atoms with Crippen LogP contribution in [0, 0.1) is 0 Å². The quantitative estimate of drug-likeness (QED) is 0.572. The van der Waals surface area contributed by atoms with Crippen molar-refractivity contribution in [3.8, 4) is 16.3 Å². The number of nitrogens with one attached hydrogen (secondary N) is 1. The molecule has 1 amide bonds. The van der Waals surface area contributed by atoms with Crippen LogP contribution < -0.4 is 10.1 Å². The lowest BCUT2D eigenvalue weighted by atomic mass is 10.2. The number of rotatable bonds is 5. The minimum absolute atomic E-state index is 0.259. The largest absolute Gasteiger partial charge is 0.495 e. The van der Waals surface area contributed by atoms with E-state index in [1.165, 1.54) is 17.5 Å². The number of pyridine rings is 1. The number of methoxy groups -OCH3 is 1. The lowest BCUT2D eigenvalue weighted by Gasteiger charge is -2.11. The number of amides is 1. The van der Waals surface area contributed by atoms with Crippen LogP contribution in [0.25, 0.3) is 15.5 Å². The summed E-state index contributed by atoms with van der Waals surface area (Å²) in [6.07, 6.45) is 3.89. The SMILES string of the molecule is CCc1nnc2sc(-c3ccc(OC)c(NC(=O)c4cccnc4)c3)nn12. The maximum absolute atomic E-state index is 12.5. The molecule has 0 unspecified atom stereocenters. The fourth-order valence-corrected chi connectivity index (χ4v) is 3.48. The third-order valence-corrected chi connectivity index (χ3v) is 4.94. The van der Waals surface area contributed by atoms with E-state index in [4.69, 9.17) is 4.74 Å². The van der Waals surface area contributed by atoms with Crippen molar-refractivity contribution in [1.29, 1.82) is 0 Å². The first-order chi connectivity index (χ1) is 13.2. The zero-order chi connectivity index (χ0) is 18.8. The molecule has 0 radical (unpaired) electrons. The van der Waals surface area contributed by atoms with Gasteiger partial charge in [-0.05, 0) is 30.3 Å². The highest BCUT2D eigenvalue weighted by Gasteiger charge is 2.15. The molecule has 1 aromatic carbocycles. The lowest BCUT2D eigenvalue weighted by Crippen LogP contribution is -2.12. The van der Waals surface area contributed by atoms with Crippen molar-refractivity contribution in [2.75, 3.05) is 12.4 Å². The van der Waals surface area contributed by atoms with Gasteiger partial charge in [0.2, 0.25) is 4.96 Å². The summed E-state index contributed by atoms with van der Waals surface area (Å²) in [7, 11) is 1.56. The second-order valence-electron chi connectivity index (χ2n) is 5.68. The van der Waals surface area contributed by atoms with Crippen LogP contribution in [0.15, 0.2) is 42.7 Å². The maximum atomic E-state index is 12.5. The van der Waals surface area contributed by atoms with Gasteiger partial charge in [0.25, 0.3) is 5.91 Å². The molecule has 4 rings (SSSR count). The fourth-order valence-electron chi connectivity index (χ4n) is 2.62. The highest BCUT2D eigenvalue weighted by Crippen LogP contribution is 2.33. The predicted molar refractivity (Wildman–Crippen MR) is 102 cm³/mol. The molecule has 136 valence electrons. The fraction of sp³-hybridized carbons (Fsp3) is 0.167. The second kappa shape index (κ2) is 7.12. The normalized spacial score (nSPS) is 10.9. The number of aryl methyl sites for hydroxylation is 1. The molecule has 4 aromatic rings. The molecule has 0 bridgehead atoms. The number of ether oxygens (including phenoxy) is 1. The number of hydrogen-bond acceptors (Lipinski definition) is 7. The van der Waals surface area contributed by atoms with Gasteiger partial charge in [-0.1, -0.05) is 18.3 Å². The first-order valence-electron chi connectivity index (χ1n) is 8.30. The van der Waals surface area contributed by atoms with Gasteiger partial charge in [0.05, 0.1) is 18.4 Å². The average molecular weight is 380 g/mol. The number of hydrogen-bond donors (Lipinski definition) is 1. The molecule has 1 N–H and O–H groups in total. The Hall–Kier alpha value is -3.33. The van der Waals surface area contributed by atoms with Gasteiger partial charge in [0.1, 0.15) is 10.8 Å². The molecule has 0 saturated heterocycles. The van der Waals surface area contributed by atoms with Crippen LogP contribution in [-0.2, 0) is 6.42 Å². The van der Waals surface area contributed by atoms with Crippen LogP contribution in [0.4, 0.5) is 5.69 Å². The molecule has 3 heterocycles. The Morgan fingerprint density at radius 2 is 2.19 bits per heavy atom. The highest BCUT2D eigenvalue weighted by molar-refractivity contribution is 7.19. The molecular formula is C18H16N6O2S. The summed E-state index contributed by atoms with van der Waals surface area (Å²) in [6, 6.07) is 8.96. The number of anilines is 1. The van der Waals surface area contributed by atoms with Crippen LogP contribution in [0.2, 0.25) is 0 Å². The van der Waals surface area contributed by atoms with E-state index < -0.39 is 0 Å². The van der Waals surface area contributed by atoms with E-state index in [1.54, 1.807) is 36.0 Å². The van der Waals surface area contributed by atoms with Crippen molar-refractivity contribution < 1.29 is 9.53 Å².